The van der Waals surface area contributed by atoms with Crippen LogP contribution in [-0.4, -0.2) is 23.9 Å². The molecule has 1 aromatic rings. The van der Waals surface area contributed by atoms with E-state index >= 15 is 0 Å². The number of nitro benzene ring substituents is 1. The molecule has 20 heavy (non-hydrogen) atoms. The molecule has 1 saturated carbocycles. The van der Waals surface area contributed by atoms with Gasteiger partial charge in [0.25, 0.3) is 11.6 Å². The molecule has 0 spiro atoms. The van der Waals surface area contributed by atoms with Crippen molar-refractivity contribution in [2.45, 2.75) is 32.2 Å². The van der Waals surface area contributed by atoms with Gasteiger partial charge >= 0.3 is 0 Å². The first-order valence-electron chi connectivity index (χ1n) is 6.83. The maximum absolute atomic E-state index is 11.5. The number of carbonyl (C=O) groups excluding carboxylic acids is 1. The van der Waals surface area contributed by atoms with Crippen LogP contribution in [0.2, 0.25) is 0 Å². The Balaban J connectivity index is 2.16. The van der Waals surface area contributed by atoms with E-state index in [1.165, 1.54) is 13.1 Å². The molecule has 0 aliphatic heterocycles. The molecule has 0 saturated heterocycles. The highest BCUT2D eigenvalue weighted by atomic mass is 16.6. The van der Waals surface area contributed by atoms with Gasteiger partial charge in [-0.05, 0) is 30.9 Å². The molecule has 0 heterocycles. The number of nitrogens with zero attached hydrogens (tertiary/aromatic N) is 1. The van der Waals surface area contributed by atoms with Gasteiger partial charge < -0.3 is 10.6 Å². The lowest BCUT2D eigenvalue weighted by atomic mass is 10.1. The predicted molar refractivity (Wildman–Crippen MR) is 76.9 cm³/mol. The molecule has 0 radical (unpaired) electrons. The summed E-state index contributed by atoms with van der Waals surface area (Å²) in [4.78, 5) is 22.2. The van der Waals surface area contributed by atoms with Gasteiger partial charge in [0.05, 0.1) is 4.92 Å². The zero-order valence-electron chi connectivity index (χ0n) is 11.7. The van der Waals surface area contributed by atoms with Crippen LogP contribution < -0.4 is 10.6 Å². The van der Waals surface area contributed by atoms with Gasteiger partial charge in [0, 0.05) is 24.7 Å². The standard InChI is InChI=1S/C14H19N3O3/c1-3-4-9-7-12(9)16-11-6-5-10(14(18)15-2)8-13(11)17(19)20/h5-6,8-9,12,16H,3-4,7H2,1-2H3,(H,15,18). The van der Waals surface area contributed by atoms with Crippen molar-refractivity contribution in [2.24, 2.45) is 5.92 Å². The van der Waals surface area contributed by atoms with Gasteiger partial charge in [-0.1, -0.05) is 13.3 Å². The van der Waals surface area contributed by atoms with Gasteiger partial charge in [-0.2, -0.15) is 0 Å². The van der Waals surface area contributed by atoms with Crippen LogP contribution in [0.3, 0.4) is 0 Å². The minimum absolute atomic E-state index is 0.0479. The van der Waals surface area contributed by atoms with Crippen LogP contribution in [0.1, 0.15) is 36.5 Å². The molecule has 1 fully saturated rings. The van der Waals surface area contributed by atoms with Crippen LogP contribution >= 0.6 is 0 Å². The fourth-order valence-corrected chi connectivity index (χ4v) is 2.40. The van der Waals surface area contributed by atoms with E-state index in [2.05, 4.69) is 17.6 Å². The van der Waals surface area contributed by atoms with E-state index < -0.39 is 4.92 Å². The van der Waals surface area contributed by atoms with Crippen molar-refractivity contribution in [3.8, 4) is 0 Å². The minimum atomic E-state index is -0.452. The molecule has 1 aliphatic rings. The third-order valence-corrected chi connectivity index (χ3v) is 3.61. The number of amides is 1. The van der Waals surface area contributed by atoms with Crippen LogP contribution in [0.4, 0.5) is 11.4 Å². The summed E-state index contributed by atoms with van der Waals surface area (Å²) in [5.41, 5.74) is 0.741. The third-order valence-electron chi connectivity index (χ3n) is 3.61. The van der Waals surface area contributed by atoms with Gasteiger partial charge in [0.2, 0.25) is 0 Å². The predicted octanol–water partition coefficient (Wildman–Crippen LogP) is 2.55. The monoisotopic (exact) mass is 277 g/mol. The van der Waals surface area contributed by atoms with Crippen molar-refractivity contribution < 1.29 is 9.72 Å². The highest BCUT2D eigenvalue weighted by Crippen LogP contribution is 2.39. The van der Waals surface area contributed by atoms with Crippen LogP contribution in [0.5, 0.6) is 0 Å². The van der Waals surface area contributed by atoms with E-state index in [9.17, 15) is 14.9 Å². The fourth-order valence-electron chi connectivity index (χ4n) is 2.40. The average molecular weight is 277 g/mol. The van der Waals surface area contributed by atoms with Gasteiger partial charge in [0.1, 0.15) is 5.69 Å². The number of nitro groups is 1. The lowest BCUT2D eigenvalue weighted by Crippen LogP contribution is -2.18. The molecular formula is C14H19N3O3. The average Bonchev–Trinajstić information content (AvgIpc) is 3.16. The second kappa shape index (κ2) is 5.90. The van der Waals surface area contributed by atoms with Crippen LogP contribution in [-0.2, 0) is 0 Å². The maximum atomic E-state index is 11.5. The van der Waals surface area contributed by atoms with Crippen molar-refractivity contribution in [1.29, 1.82) is 0 Å². The maximum Gasteiger partial charge on any atom is 0.293 e. The Morgan fingerprint density at radius 1 is 1.50 bits per heavy atom. The second-order valence-electron chi connectivity index (χ2n) is 5.10. The first-order valence-corrected chi connectivity index (χ1v) is 6.83. The Labute approximate surface area is 117 Å². The second-order valence-corrected chi connectivity index (χ2v) is 5.10. The summed E-state index contributed by atoms with van der Waals surface area (Å²) in [5.74, 6) is 0.285. The molecular weight excluding hydrogens is 258 g/mol. The van der Waals surface area contributed by atoms with Gasteiger partial charge in [-0.15, -0.1) is 0 Å². The molecule has 108 valence electrons. The summed E-state index contributed by atoms with van der Waals surface area (Å²) in [6.07, 6.45) is 3.32. The van der Waals surface area contributed by atoms with E-state index in [-0.39, 0.29) is 11.6 Å². The normalized spacial score (nSPS) is 20.3. The van der Waals surface area contributed by atoms with Crippen molar-refractivity contribution in [2.75, 3.05) is 12.4 Å². The number of carbonyl (C=O) groups is 1. The molecule has 2 atom stereocenters. The van der Waals surface area contributed by atoms with Crippen molar-refractivity contribution >= 4 is 17.3 Å². The van der Waals surface area contributed by atoms with E-state index in [0.717, 1.165) is 19.3 Å². The van der Waals surface area contributed by atoms with Gasteiger partial charge in [-0.25, -0.2) is 0 Å². The minimum Gasteiger partial charge on any atom is -0.376 e. The summed E-state index contributed by atoms with van der Waals surface area (Å²) < 4.78 is 0. The lowest BCUT2D eigenvalue weighted by molar-refractivity contribution is -0.384. The van der Waals surface area contributed by atoms with Crippen molar-refractivity contribution in [1.82, 2.24) is 5.32 Å². The van der Waals surface area contributed by atoms with Crippen molar-refractivity contribution in [3.05, 3.63) is 33.9 Å². The largest absolute Gasteiger partial charge is 0.376 e. The highest BCUT2D eigenvalue weighted by Gasteiger charge is 2.37. The Bertz CT molecular complexity index is 530. The third kappa shape index (κ3) is 3.07. The lowest BCUT2D eigenvalue weighted by Gasteiger charge is -2.08. The Hall–Kier alpha value is -2.11. The molecule has 1 aliphatic carbocycles. The summed E-state index contributed by atoms with van der Waals surface area (Å²) in [6, 6.07) is 4.85. The first-order chi connectivity index (χ1) is 9.56. The quantitative estimate of drug-likeness (QED) is 0.618. The molecule has 1 amide bonds. The van der Waals surface area contributed by atoms with Crippen LogP contribution in [0.15, 0.2) is 18.2 Å². The fraction of sp³-hybridized carbons (Fsp3) is 0.500. The summed E-state index contributed by atoms with van der Waals surface area (Å²) in [7, 11) is 1.50. The first kappa shape index (κ1) is 14.3. The van der Waals surface area contributed by atoms with Crippen molar-refractivity contribution in [3.63, 3.8) is 0 Å². The zero-order chi connectivity index (χ0) is 14.7. The SMILES string of the molecule is CCCC1CC1Nc1ccc(C(=O)NC)cc1[N+](=O)[O-]. The van der Waals surface area contributed by atoms with Crippen LogP contribution in [0, 0.1) is 16.0 Å². The van der Waals surface area contributed by atoms with E-state index in [4.69, 9.17) is 0 Å². The summed E-state index contributed by atoms with van der Waals surface area (Å²) in [5, 5.41) is 16.8. The Morgan fingerprint density at radius 2 is 2.25 bits per heavy atom. The Kier molecular flexibility index (Phi) is 4.22. The van der Waals surface area contributed by atoms with E-state index in [1.54, 1.807) is 12.1 Å². The molecule has 2 unspecified atom stereocenters. The van der Waals surface area contributed by atoms with Gasteiger partial charge in [-0.3, -0.25) is 14.9 Å². The molecule has 6 heteroatoms. The number of nitrogens with one attached hydrogen (secondary N) is 2. The molecule has 1 aromatic carbocycles. The summed E-state index contributed by atoms with van der Waals surface area (Å²) in [6.45, 7) is 2.13. The number of hydrogen-bond acceptors (Lipinski definition) is 4. The smallest absolute Gasteiger partial charge is 0.293 e. The molecule has 2 rings (SSSR count). The molecule has 0 aromatic heterocycles. The van der Waals surface area contributed by atoms with E-state index in [1.807, 2.05) is 0 Å². The van der Waals surface area contributed by atoms with Gasteiger partial charge in [0.15, 0.2) is 0 Å². The number of hydrogen-bond donors (Lipinski definition) is 2. The molecule has 2 N–H and O–H groups in total. The molecule has 6 nitrogen and oxygen atoms in total. The Morgan fingerprint density at radius 3 is 2.85 bits per heavy atom. The zero-order valence-corrected chi connectivity index (χ0v) is 11.7. The number of rotatable bonds is 6. The highest BCUT2D eigenvalue weighted by molar-refractivity contribution is 5.95. The molecule has 0 bridgehead atoms. The van der Waals surface area contributed by atoms with E-state index in [0.29, 0.717) is 23.2 Å². The topological polar surface area (TPSA) is 84.3 Å². The van der Waals surface area contributed by atoms with Crippen LogP contribution in [0.25, 0.3) is 0 Å². The summed E-state index contributed by atoms with van der Waals surface area (Å²) >= 11 is 0. The number of anilines is 1. The number of benzene rings is 1.